The van der Waals surface area contributed by atoms with Gasteiger partial charge in [0.1, 0.15) is 0 Å². The Hall–Kier alpha value is -1.12. The van der Waals surface area contributed by atoms with E-state index in [4.69, 9.17) is 23.2 Å². The van der Waals surface area contributed by atoms with Crippen molar-refractivity contribution in [1.82, 2.24) is 4.31 Å². The van der Waals surface area contributed by atoms with E-state index < -0.39 is 15.9 Å². The van der Waals surface area contributed by atoms with E-state index in [1.165, 1.54) is 12.1 Å². The van der Waals surface area contributed by atoms with Crippen molar-refractivity contribution in [2.75, 3.05) is 18.4 Å². The fourth-order valence-corrected chi connectivity index (χ4v) is 4.24. The van der Waals surface area contributed by atoms with Gasteiger partial charge in [0.15, 0.2) is 0 Å². The number of nitrogens with one attached hydrogen (secondary N) is 1. The molecule has 0 radical (unpaired) electrons. The van der Waals surface area contributed by atoms with E-state index in [1.807, 2.05) is 0 Å². The molecule has 0 unspecified atom stereocenters. The van der Waals surface area contributed by atoms with Crippen molar-refractivity contribution < 1.29 is 13.2 Å². The lowest BCUT2D eigenvalue weighted by Crippen LogP contribution is -2.37. The van der Waals surface area contributed by atoms with E-state index in [1.54, 1.807) is 37.3 Å². The second-order valence-electron chi connectivity index (χ2n) is 5.03. The Labute approximate surface area is 165 Å². The first kappa shape index (κ1) is 20.2. The van der Waals surface area contributed by atoms with Gasteiger partial charge in [-0.15, -0.1) is 0 Å². The second-order valence-corrected chi connectivity index (χ2v) is 8.70. The van der Waals surface area contributed by atoms with Gasteiger partial charge in [0.05, 0.1) is 27.2 Å². The maximum atomic E-state index is 12.7. The summed E-state index contributed by atoms with van der Waals surface area (Å²) in [6.45, 7) is 1.45. The van der Waals surface area contributed by atoms with Crippen LogP contribution in [0.4, 0.5) is 5.69 Å². The molecule has 0 aromatic heterocycles. The summed E-state index contributed by atoms with van der Waals surface area (Å²) in [4.78, 5) is 12.4. The molecule has 0 aliphatic carbocycles. The molecule has 0 aliphatic rings. The number of halogens is 3. The van der Waals surface area contributed by atoms with Gasteiger partial charge in [-0.3, -0.25) is 4.79 Å². The SMILES string of the molecule is CCN(CC(=O)Nc1c(Cl)cccc1Cl)S(=O)(=O)c1ccc(Br)cc1. The summed E-state index contributed by atoms with van der Waals surface area (Å²) in [5, 5.41) is 3.11. The van der Waals surface area contributed by atoms with Crippen LogP contribution in [0.5, 0.6) is 0 Å². The summed E-state index contributed by atoms with van der Waals surface area (Å²) in [5.74, 6) is -0.530. The molecule has 0 spiro atoms. The Morgan fingerprint density at radius 3 is 2.20 bits per heavy atom. The standard InChI is InChI=1S/C16H15BrCl2N2O3S/c1-2-21(25(23,24)12-8-6-11(17)7-9-12)10-15(22)20-16-13(18)4-3-5-14(16)19/h3-9H,2,10H2,1H3,(H,20,22). The quantitative estimate of drug-likeness (QED) is 0.687. The van der Waals surface area contributed by atoms with Crippen LogP contribution in [0.25, 0.3) is 0 Å². The van der Waals surface area contributed by atoms with Crippen molar-refractivity contribution in [3.63, 3.8) is 0 Å². The van der Waals surface area contributed by atoms with Gasteiger partial charge in [-0.25, -0.2) is 8.42 Å². The van der Waals surface area contributed by atoms with E-state index >= 15 is 0 Å². The van der Waals surface area contributed by atoms with Crippen molar-refractivity contribution in [3.8, 4) is 0 Å². The van der Waals surface area contributed by atoms with Gasteiger partial charge in [-0.05, 0) is 36.4 Å². The second kappa shape index (κ2) is 8.51. The molecular weight excluding hydrogens is 451 g/mol. The van der Waals surface area contributed by atoms with Crippen LogP contribution >= 0.6 is 39.1 Å². The minimum absolute atomic E-state index is 0.112. The molecule has 2 rings (SSSR count). The number of anilines is 1. The molecule has 2 aromatic carbocycles. The zero-order valence-corrected chi connectivity index (χ0v) is 17.1. The topological polar surface area (TPSA) is 66.5 Å². The summed E-state index contributed by atoms with van der Waals surface area (Å²) in [6.07, 6.45) is 0. The highest BCUT2D eigenvalue weighted by molar-refractivity contribution is 9.10. The van der Waals surface area contributed by atoms with E-state index in [-0.39, 0.29) is 33.7 Å². The molecular formula is C16H15BrCl2N2O3S. The van der Waals surface area contributed by atoms with Crippen LogP contribution in [-0.4, -0.2) is 31.7 Å². The molecule has 0 saturated carbocycles. The highest BCUT2D eigenvalue weighted by atomic mass is 79.9. The first-order chi connectivity index (χ1) is 11.8. The number of likely N-dealkylation sites (N-methyl/N-ethyl adjacent to an activating group) is 1. The fraction of sp³-hybridized carbons (Fsp3) is 0.188. The summed E-state index contributed by atoms with van der Waals surface area (Å²) in [5.41, 5.74) is 0.257. The highest BCUT2D eigenvalue weighted by Crippen LogP contribution is 2.29. The van der Waals surface area contributed by atoms with E-state index in [0.717, 1.165) is 8.78 Å². The highest BCUT2D eigenvalue weighted by Gasteiger charge is 2.25. The van der Waals surface area contributed by atoms with E-state index in [0.29, 0.717) is 0 Å². The van der Waals surface area contributed by atoms with Crippen molar-refractivity contribution >= 4 is 60.7 Å². The lowest BCUT2D eigenvalue weighted by molar-refractivity contribution is -0.116. The molecule has 134 valence electrons. The van der Waals surface area contributed by atoms with Crippen molar-refractivity contribution in [1.29, 1.82) is 0 Å². The molecule has 25 heavy (non-hydrogen) atoms. The van der Waals surface area contributed by atoms with Gasteiger partial charge in [0.25, 0.3) is 0 Å². The zero-order valence-electron chi connectivity index (χ0n) is 13.2. The third kappa shape index (κ3) is 4.95. The molecule has 2 aromatic rings. The summed E-state index contributed by atoms with van der Waals surface area (Å²) >= 11 is 15.3. The number of para-hydroxylation sites is 1. The minimum atomic E-state index is -3.79. The number of hydrogen-bond donors (Lipinski definition) is 1. The number of carbonyl (C=O) groups is 1. The molecule has 0 aliphatic heterocycles. The van der Waals surface area contributed by atoms with E-state index in [9.17, 15) is 13.2 Å². The molecule has 0 heterocycles. The first-order valence-corrected chi connectivity index (χ1v) is 10.2. The number of benzene rings is 2. The Morgan fingerprint density at radius 1 is 1.12 bits per heavy atom. The summed E-state index contributed by atoms with van der Waals surface area (Å²) in [6, 6.07) is 11.0. The number of hydrogen-bond acceptors (Lipinski definition) is 3. The van der Waals surface area contributed by atoms with Crippen LogP contribution in [0.3, 0.4) is 0 Å². The van der Waals surface area contributed by atoms with Crippen LogP contribution in [-0.2, 0) is 14.8 Å². The number of carbonyl (C=O) groups excluding carboxylic acids is 1. The summed E-state index contributed by atoms with van der Waals surface area (Å²) < 4.78 is 27.2. The summed E-state index contributed by atoms with van der Waals surface area (Å²) in [7, 11) is -3.79. The Balaban J connectivity index is 2.18. The Bertz CT molecular complexity index is 853. The van der Waals surface area contributed by atoms with Crippen LogP contribution in [0, 0.1) is 0 Å². The average molecular weight is 466 g/mol. The van der Waals surface area contributed by atoms with Crippen LogP contribution in [0.2, 0.25) is 10.0 Å². The van der Waals surface area contributed by atoms with Crippen LogP contribution < -0.4 is 5.32 Å². The van der Waals surface area contributed by atoms with Gasteiger partial charge < -0.3 is 5.32 Å². The first-order valence-electron chi connectivity index (χ1n) is 7.25. The van der Waals surface area contributed by atoms with Crippen molar-refractivity contribution in [2.45, 2.75) is 11.8 Å². The van der Waals surface area contributed by atoms with Gasteiger partial charge in [-0.2, -0.15) is 4.31 Å². The van der Waals surface area contributed by atoms with Gasteiger partial charge in [-0.1, -0.05) is 52.1 Å². The third-order valence-corrected chi connectivity index (χ3v) is 6.44. The Morgan fingerprint density at radius 2 is 1.68 bits per heavy atom. The molecule has 5 nitrogen and oxygen atoms in total. The predicted octanol–water partition coefficient (Wildman–Crippen LogP) is 4.41. The van der Waals surface area contributed by atoms with Gasteiger partial charge in [0, 0.05) is 11.0 Å². The monoisotopic (exact) mass is 464 g/mol. The fourth-order valence-electron chi connectivity index (χ4n) is 2.08. The third-order valence-electron chi connectivity index (χ3n) is 3.35. The van der Waals surface area contributed by atoms with Crippen LogP contribution in [0.15, 0.2) is 51.8 Å². The molecule has 0 bridgehead atoms. The maximum Gasteiger partial charge on any atom is 0.243 e. The Kier molecular flexibility index (Phi) is 6.87. The zero-order chi connectivity index (χ0) is 18.6. The maximum absolute atomic E-state index is 12.7. The number of rotatable bonds is 6. The minimum Gasteiger partial charge on any atom is -0.322 e. The number of nitrogens with zero attached hydrogens (tertiary/aromatic N) is 1. The van der Waals surface area contributed by atoms with E-state index in [2.05, 4.69) is 21.2 Å². The predicted molar refractivity (Wildman–Crippen MR) is 104 cm³/mol. The van der Waals surface area contributed by atoms with Crippen molar-refractivity contribution in [2.24, 2.45) is 0 Å². The normalized spacial score (nSPS) is 11.6. The van der Waals surface area contributed by atoms with Gasteiger partial charge >= 0.3 is 0 Å². The number of amides is 1. The lowest BCUT2D eigenvalue weighted by Gasteiger charge is -2.20. The molecule has 9 heteroatoms. The average Bonchev–Trinajstić information content (AvgIpc) is 2.56. The van der Waals surface area contributed by atoms with Crippen LogP contribution in [0.1, 0.15) is 6.92 Å². The molecule has 1 amide bonds. The van der Waals surface area contributed by atoms with Gasteiger partial charge in [0.2, 0.25) is 15.9 Å². The lowest BCUT2D eigenvalue weighted by atomic mass is 10.3. The molecule has 1 N–H and O–H groups in total. The largest absolute Gasteiger partial charge is 0.322 e. The van der Waals surface area contributed by atoms with Crippen molar-refractivity contribution in [3.05, 3.63) is 57.0 Å². The number of sulfonamides is 1. The smallest absolute Gasteiger partial charge is 0.243 e. The molecule has 0 fully saturated rings. The molecule has 0 atom stereocenters. The molecule has 0 saturated heterocycles.